The van der Waals surface area contributed by atoms with Crippen molar-refractivity contribution in [2.75, 3.05) is 6.61 Å². The van der Waals surface area contributed by atoms with E-state index in [2.05, 4.69) is 4.98 Å². The Morgan fingerprint density at radius 1 is 1.30 bits per heavy atom. The maximum Gasteiger partial charge on any atom is 0.335 e. The van der Waals surface area contributed by atoms with E-state index < -0.39 is 5.97 Å². The maximum atomic E-state index is 11.2. The Kier molecular flexibility index (Phi) is 3.63. The normalized spacial score (nSPS) is 16.4. The molecule has 0 unspecified atom stereocenters. The number of fused-ring (bicyclic) bond motifs is 1. The Balaban J connectivity index is 1.81. The van der Waals surface area contributed by atoms with Crippen LogP contribution in [0.2, 0.25) is 0 Å². The topological polar surface area (TPSA) is 62.3 Å². The molecule has 0 saturated heterocycles. The number of carboxylic acids is 1. The predicted molar refractivity (Wildman–Crippen MR) is 77.3 cm³/mol. The second kappa shape index (κ2) is 5.57. The first kappa shape index (κ1) is 13.0. The Bertz CT molecular complexity index is 611. The Hall–Kier alpha value is -1.97. The quantitative estimate of drug-likeness (QED) is 0.890. The summed E-state index contributed by atoms with van der Waals surface area (Å²) < 4.78 is 5.92. The monoisotopic (exact) mass is 273 g/mol. The molecule has 0 radical (unpaired) electrons. The number of aromatic carboxylic acids is 1. The molecular formula is C16H19NO3. The van der Waals surface area contributed by atoms with Crippen LogP contribution in [-0.2, 0) is 0 Å². The number of nitrogens with one attached hydrogen (secondary N) is 1. The zero-order chi connectivity index (χ0) is 13.9. The van der Waals surface area contributed by atoms with Gasteiger partial charge in [0.2, 0.25) is 0 Å². The number of benzene rings is 1. The van der Waals surface area contributed by atoms with Crippen LogP contribution in [0.15, 0.2) is 24.4 Å². The molecule has 1 aromatic heterocycles. The van der Waals surface area contributed by atoms with E-state index in [-0.39, 0.29) is 5.56 Å². The van der Waals surface area contributed by atoms with Gasteiger partial charge < -0.3 is 14.8 Å². The zero-order valence-corrected chi connectivity index (χ0v) is 11.4. The molecule has 3 rings (SSSR count). The first-order valence-electron chi connectivity index (χ1n) is 7.21. The molecule has 1 heterocycles. The smallest absolute Gasteiger partial charge is 0.335 e. The summed E-state index contributed by atoms with van der Waals surface area (Å²) in [5, 5.41) is 10.1. The average Bonchev–Trinajstić information content (AvgIpc) is 2.94. The molecule has 4 nitrogen and oxygen atoms in total. The maximum absolute atomic E-state index is 11.2. The van der Waals surface area contributed by atoms with E-state index in [0.717, 1.165) is 10.9 Å². The molecule has 106 valence electrons. The van der Waals surface area contributed by atoms with Crippen LogP contribution in [0.25, 0.3) is 10.9 Å². The highest BCUT2D eigenvalue weighted by Crippen LogP contribution is 2.29. The summed E-state index contributed by atoms with van der Waals surface area (Å²) in [4.78, 5) is 14.2. The fraction of sp³-hybridized carbons (Fsp3) is 0.438. The second-order valence-corrected chi connectivity index (χ2v) is 5.53. The van der Waals surface area contributed by atoms with Gasteiger partial charge >= 0.3 is 5.97 Å². The summed E-state index contributed by atoms with van der Waals surface area (Å²) in [6, 6.07) is 5.20. The van der Waals surface area contributed by atoms with Gasteiger partial charge in [0, 0.05) is 17.1 Å². The lowest BCUT2D eigenvalue weighted by molar-refractivity contribution is 0.0696. The molecule has 2 aromatic rings. The molecule has 20 heavy (non-hydrogen) atoms. The van der Waals surface area contributed by atoms with Crippen molar-refractivity contribution in [1.82, 2.24) is 4.98 Å². The molecular weight excluding hydrogens is 254 g/mol. The molecule has 1 saturated carbocycles. The van der Waals surface area contributed by atoms with Crippen LogP contribution in [0, 0.1) is 5.92 Å². The summed E-state index contributed by atoms with van der Waals surface area (Å²) in [7, 11) is 0. The SMILES string of the molecule is O=C(O)c1cc(OCC2CCCCC2)c2cc[nH]c2c1. The van der Waals surface area contributed by atoms with Gasteiger partial charge in [0.05, 0.1) is 12.2 Å². The van der Waals surface area contributed by atoms with Crippen molar-refractivity contribution in [2.45, 2.75) is 32.1 Å². The van der Waals surface area contributed by atoms with Crippen LogP contribution in [0.3, 0.4) is 0 Å². The zero-order valence-electron chi connectivity index (χ0n) is 11.4. The second-order valence-electron chi connectivity index (χ2n) is 5.53. The number of ether oxygens (including phenoxy) is 1. The minimum atomic E-state index is -0.927. The van der Waals surface area contributed by atoms with Gasteiger partial charge in [0.1, 0.15) is 5.75 Å². The van der Waals surface area contributed by atoms with Gasteiger partial charge in [-0.05, 0) is 37.0 Å². The standard InChI is InChI=1S/C16H19NO3/c18-16(19)12-8-14-13(6-7-17-14)15(9-12)20-10-11-4-2-1-3-5-11/h6-9,11,17H,1-5,10H2,(H,18,19). The van der Waals surface area contributed by atoms with Crippen molar-refractivity contribution in [2.24, 2.45) is 5.92 Å². The predicted octanol–water partition coefficient (Wildman–Crippen LogP) is 3.83. The van der Waals surface area contributed by atoms with Crippen LogP contribution < -0.4 is 4.74 Å². The molecule has 1 fully saturated rings. The Morgan fingerprint density at radius 2 is 2.10 bits per heavy atom. The van der Waals surface area contributed by atoms with Crippen molar-refractivity contribution >= 4 is 16.9 Å². The van der Waals surface area contributed by atoms with E-state index >= 15 is 0 Å². The number of H-pyrrole nitrogens is 1. The molecule has 0 amide bonds. The van der Waals surface area contributed by atoms with Gasteiger partial charge in [-0.15, -0.1) is 0 Å². The molecule has 1 aliphatic rings. The molecule has 2 N–H and O–H groups in total. The minimum Gasteiger partial charge on any atom is -0.493 e. The summed E-state index contributed by atoms with van der Waals surface area (Å²) in [6.45, 7) is 0.684. The fourth-order valence-electron chi connectivity index (χ4n) is 2.94. The Labute approximate surface area is 117 Å². The highest BCUT2D eigenvalue weighted by Gasteiger charge is 2.16. The lowest BCUT2D eigenvalue weighted by atomic mass is 9.90. The van der Waals surface area contributed by atoms with Crippen LogP contribution >= 0.6 is 0 Å². The average molecular weight is 273 g/mol. The van der Waals surface area contributed by atoms with Gasteiger partial charge in [-0.25, -0.2) is 4.79 Å². The van der Waals surface area contributed by atoms with E-state index in [1.54, 1.807) is 12.1 Å². The van der Waals surface area contributed by atoms with E-state index in [1.807, 2.05) is 12.3 Å². The third kappa shape index (κ3) is 2.64. The highest BCUT2D eigenvalue weighted by atomic mass is 16.5. The lowest BCUT2D eigenvalue weighted by Crippen LogP contribution is -2.15. The van der Waals surface area contributed by atoms with Gasteiger partial charge in [-0.2, -0.15) is 0 Å². The van der Waals surface area contributed by atoms with Gasteiger partial charge in [-0.3, -0.25) is 0 Å². The summed E-state index contributed by atoms with van der Waals surface area (Å²) in [5.41, 5.74) is 1.07. The summed E-state index contributed by atoms with van der Waals surface area (Å²) in [5.74, 6) is 0.349. The van der Waals surface area contributed by atoms with E-state index in [9.17, 15) is 4.79 Å². The van der Waals surface area contributed by atoms with Crippen LogP contribution in [0.5, 0.6) is 5.75 Å². The van der Waals surface area contributed by atoms with E-state index in [0.29, 0.717) is 18.3 Å². The van der Waals surface area contributed by atoms with E-state index in [4.69, 9.17) is 9.84 Å². The number of carboxylic acid groups (broad SMARTS) is 1. The minimum absolute atomic E-state index is 0.263. The van der Waals surface area contributed by atoms with Gasteiger partial charge in [0.15, 0.2) is 0 Å². The summed E-state index contributed by atoms with van der Waals surface area (Å²) in [6.07, 6.45) is 8.13. The number of rotatable bonds is 4. The van der Waals surface area contributed by atoms with Crippen molar-refractivity contribution in [1.29, 1.82) is 0 Å². The Morgan fingerprint density at radius 3 is 2.85 bits per heavy atom. The summed E-state index contributed by atoms with van der Waals surface area (Å²) >= 11 is 0. The van der Waals surface area contributed by atoms with Crippen molar-refractivity contribution < 1.29 is 14.6 Å². The van der Waals surface area contributed by atoms with Gasteiger partial charge in [0.25, 0.3) is 0 Å². The number of aromatic amines is 1. The van der Waals surface area contributed by atoms with Crippen LogP contribution in [0.4, 0.5) is 0 Å². The molecule has 1 aromatic carbocycles. The molecule has 0 atom stereocenters. The third-order valence-corrected chi connectivity index (χ3v) is 4.08. The fourth-order valence-corrected chi connectivity index (χ4v) is 2.94. The highest BCUT2D eigenvalue weighted by molar-refractivity contribution is 5.96. The molecule has 4 heteroatoms. The number of carbonyl (C=O) groups is 1. The number of aromatic nitrogens is 1. The third-order valence-electron chi connectivity index (χ3n) is 4.08. The van der Waals surface area contributed by atoms with Crippen LogP contribution in [0.1, 0.15) is 42.5 Å². The largest absolute Gasteiger partial charge is 0.493 e. The van der Waals surface area contributed by atoms with Crippen molar-refractivity contribution in [3.05, 3.63) is 30.0 Å². The first-order valence-corrected chi connectivity index (χ1v) is 7.21. The molecule has 1 aliphatic carbocycles. The number of hydrogen-bond acceptors (Lipinski definition) is 2. The first-order chi connectivity index (χ1) is 9.74. The molecule has 0 aliphatic heterocycles. The van der Waals surface area contributed by atoms with Crippen LogP contribution in [-0.4, -0.2) is 22.7 Å². The van der Waals surface area contributed by atoms with Crippen molar-refractivity contribution in [3.8, 4) is 5.75 Å². The number of hydrogen-bond donors (Lipinski definition) is 2. The van der Waals surface area contributed by atoms with E-state index in [1.165, 1.54) is 32.1 Å². The molecule has 0 spiro atoms. The molecule has 0 bridgehead atoms. The van der Waals surface area contributed by atoms with Gasteiger partial charge in [-0.1, -0.05) is 19.3 Å². The lowest BCUT2D eigenvalue weighted by Gasteiger charge is -2.22. The van der Waals surface area contributed by atoms with Crippen molar-refractivity contribution in [3.63, 3.8) is 0 Å².